The number of nitrogens with zero attached hydrogens (tertiary/aromatic N) is 2. The van der Waals surface area contributed by atoms with Crippen LogP contribution in [0.4, 0.5) is 11.4 Å². The van der Waals surface area contributed by atoms with E-state index in [-0.39, 0.29) is 35.5 Å². The van der Waals surface area contributed by atoms with E-state index in [0.717, 1.165) is 21.0 Å². The number of benzene rings is 4. The van der Waals surface area contributed by atoms with Crippen LogP contribution in [0.1, 0.15) is 35.4 Å². The van der Waals surface area contributed by atoms with Crippen LogP contribution in [0.3, 0.4) is 0 Å². The third-order valence-electron chi connectivity index (χ3n) is 11.4. The summed E-state index contributed by atoms with van der Waals surface area (Å²) in [6, 6.07) is 27.5. The summed E-state index contributed by atoms with van der Waals surface area (Å²) in [5.41, 5.74) is 5.53. The highest BCUT2D eigenvalue weighted by Crippen LogP contribution is 2.64. The molecule has 1 saturated carbocycles. The molecule has 4 amide bonds. The van der Waals surface area contributed by atoms with E-state index in [9.17, 15) is 29.5 Å². The second-order valence-corrected chi connectivity index (χ2v) is 14.0. The van der Waals surface area contributed by atoms with Crippen LogP contribution in [0.25, 0.3) is 0 Å². The van der Waals surface area contributed by atoms with E-state index >= 15 is 4.79 Å². The summed E-state index contributed by atoms with van der Waals surface area (Å²) in [7, 11) is -0.360. The lowest BCUT2D eigenvalue weighted by molar-refractivity contribution is -0.138. The number of phenols is 1. The van der Waals surface area contributed by atoms with Crippen molar-refractivity contribution in [3.05, 3.63) is 125 Å². The highest BCUT2D eigenvalue weighted by Gasteiger charge is 2.70. The van der Waals surface area contributed by atoms with Crippen LogP contribution in [0.2, 0.25) is 0 Å². The molecule has 11 nitrogen and oxygen atoms in total. The van der Waals surface area contributed by atoms with Gasteiger partial charge in [-0.3, -0.25) is 29.5 Å². The molecule has 2 aliphatic heterocycles. The second-order valence-electron chi connectivity index (χ2n) is 14.0. The molecular formula is C40H36BN3O8. The largest absolute Gasteiger partial charge is 0.504 e. The van der Waals surface area contributed by atoms with Crippen molar-refractivity contribution in [3.63, 3.8) is 0 Å². The molecule has 2 heterocycles. The number of fused-ring (bicyclic) bond motifs is 4. The fourth-order valence-electron chi connectivity index (χ4n) is 9.07. The van der Waals surface area contributed by atoms with Crippen LogP contribution in [0, 0.1) is 30.6 Å². The molecule has 0 bridgehead atoms. The summed E-state index contributed by atoms with van der Waals surface area (Å²) in [5.74, 6) is -5.59. The summed E-state index contributed by atoms with van der Waals surface area (Å²) in [4.78, 5) is 59.7. The Hall–Kier alpha value is -5.72. The van der Waals surface area contributed by atoms with Gasteiger partial charge in [0.1, 0.15) is 0 Å². The van der Waals surface area contributed by atoms with Crippen LogP contribution in [0.5, 0.6) is 11.5 Å². The van der Waals surface area contributed by atoms with Gasteiger partial charge in [-0.1, -0.05) is 77.9 Å². The number of aromatic hydroxyl groups is 1. The van der Waals surface area contributed by atoms with E-state index in [1.165, 1.54) is 25.3 Å². The Kier molecular flexibility index (Phi) is 8.04. The Morgan fingerprint density at radius 2 is 1.60 bits per heavy atom. The van der Waals surface area contributed by atoms with Crippen molar-refractivity contribution in [1.29, 1.82) is 0 Å². The summed E-state index contributed by atoms with van der Waals surface area (Å²) < 4.78 is 5.53. The minimum Gasteiger partial charge on any atom is -0.504 e. The molecule has 8 rings (SSSR count). The Bertz CT molecular complexity index is 2160. The number of carbonyl (C=O) groups excluding carboxylic acids is 4. The van der Waals surface area contributed by atoms with Crippen molar-refractivity contribution in [2.45, 2.75) is 31.1 Å². The molecule has 4 aromatic rings. The number of ether oxygens (including phenoxy) is 1. The number of phenolic OH excluding ortho intramolecular Hbond substituents is 1. The fraction of sp³-hybridized carbons (Fsp3) is 0.250. The number of hydrazine groups is 1. The molecule has 3 fully saturated rings. The van der Waals surface area contributed by atoms with Gasteiger partial charge in [-0.25, -0.2) is 0 Å². The molecule has 2 saturated heterocycles. The van der Waals surface area contributed by atoms with Gasteiger partial charge in [-0.2, -0.15) is 5.01 Å². The van der Waals surface area contributed by atoms with Crippen molar-refractivity contribution in [2.75, 3.05) is 17.4 Å². The number of amides is 4. The van der Waals surface area contributed by atoms with Gasteiger partial charge in [0, 0.05) is 5.92 Å². The van der Waals surface area contributed by atoms with Gasteiger partial charge in [0.05, 0.1) is 41.7 Å². The molecule has 6 atom stereocenters. The first-order valence-electron chi connectivity index (χ1n) is 17.2. The molecular weight excluding hydrogens is 661 g/mol. The molecule has 0 unspecified atom stereocenters. The number of hydrogen-bond acceptors (Lipinski definition) is 9. The number of hydrogen-bond donors (Lipinski definition) is 4. The monoisotopic (exact) mass is 697 g/mol. The first-order valence-corrected chi connectivity index (χ1v) is 17.2. The lowest BCUT2D eigenvalue weighted by atomic mass is 9.49. The third kappa shape index (κ3) is 4.89. The Morgan fingerprint density at radius 3 is 2.31 bits per heavy atom. The van der Waals surface area contributed by atoms with Crippen LogP contribution < -0.4 is 20.5 Å². The smallest absolute Gasteiger partial charge is 0.488 e. The maximum Gasteiger partial charge on any atom is 0.488 e. The maximum absolute atomic E-state index is 15.3. The number of rotatable bonds is 7. The number of carbonyl (C=O) groups is 4. The average molecular weight is 698 g/mol. The SMILES string of the molecule is COc1cc([C@H]2C3=CC[C@@H]4C(=O)N(c5cccc(B(O)O)c5)C(=O)[C@@H]4[C@@H]3C[C@H]3C(=O)N(Nc4ccc(C)cc4)C(=O)[C@@]23c2ccccc2)ccc1O. The molecule has 0 spiro atoms. The predicted octanol–water partition coefficient (Wildman–Crippen LogP) is 3.58. The highest BCUT2D eigenvalue weighted by atomic mass is 16.5. The molecule has 0 radical (unpaired) electrons. The lowest BCUT2D eigenvalue weighted by Crippen LogP contribution is -2.53. The lowest BCUT2D eigenvalue weighted by Gasteiger charge is -2.50. The molecule has 4 aromatic carbocycles. The van der Waals surface area contributed by atoms with Gasteiger partial charge in [0.15, 0.2) is 11.5 Å². The molecule has 0 aromatic heterocycles. The number of methoxy groups -OCH3 is 1. The van der Waals surface area contributed by atoms with Gasteiger partial charge in [0.2, 0.25) is 11.8 Å². The molecule has 4 N–H and O–H groups in total. The molecule has 262 valence electrons. The van der Waals surface area contributed by atoms with Gasteiger partial charge in [-0.15, -0.1) is 0 Å². The first-order chi connectivity index (χ1) is 25.1. The summed E-state index contributed by atoms with van der Waals surface area (Å²) in [5, 5.41) is 31.4. The molecule has 52 heavy (non-hydrogen) atoms. The first kappa shape index (κ1) is 33.4. The quantitative estimate of drug-likeness (QED) is 0.129. The van der Waals surface area contributed by atoms with Crippen LogP contribution in [0.15, 0.2) is 109 Å². The average Bonchev–Trinajstić information content (AvgIpc) is 3.53. The number of allylic oxidation sites excluding steroid dienone is 2. The van der Waals surface area contributed by atoms with E-state index in [1.807, 2.05) is 55.5 Å². The number of nitrogens with one attached hydrogen (secondary N) is 1. The standard InChI is InChI=1S/C40H36BN3O8/c1-22-11-14-26(15-12-22)42-44-37(47)31-21-30-28(16-17-29-34(30)38(48)43(36(29)46)27-10-6-9-25(20-27)41(50)51)35(23-13-18-32(45)33(19-23)52-2)40(31,39(44)49)24-7-4-3-5-8-24/h3-16,18-20,29-31,34-35,42,45,50-51H,17,21H2,1-2H3/t29-,30+,31-,34-,35-,40+/m0/s1. The second kappa shape index (κ2) is 12.5. The van der Waals surface area contributed by atoms with E-state index < -0.39 is 65.8 Å². The molecule has 2 aliphatic carbocycles. The Morgan fingerprint density at radius 1 is 0.846 bits per heavy atom. The number of anilines is 2. The van der Waals surface area contributed by atoms with Gasteiger partial charge >= 0.3 is 7.12 Å². The van der Waals surface area contributed by atoms with Gasteiger partial charge in [-0.05, 0) is 78.7 Å². The summed E-state index contributed by atoms with van der Waals surface area (Å²) >= 11 is 0. The summed E-state index contributed by atoms with van der Waals surface area (Å²) in [6.07, 6.45) is 2.29. The van der Waals surface area contributed by atoms with Crippen LogP contribution in [-0.4, -0.2) is 58.0 Å². The van der Waals surface area contributed by atoms with Crippen molar-refractivity contribution in [2.24, 2.45) is 23.7 Å². The predicted molar refractivity (Wildman–Crippen MR) is 192 cm³/mol. The van der Waals surface area contributed by atoms with E-state index in [4.69, 9.17) is 4.74 Å². The summed E-state index contributed by atoms with van der Waals surface area (Å²) in [6.45, 7) is 1.94. The van der Waals surface area contributed by atoms with Crippen molar-refractivity contribution < 1.29 is 39.1 Å². The van der Waals surface area contributed by atoms with Crippen molar-refractivity contribution in [1.82, 2.24) is 5.01 Å². The fourth-order valence-corrected chi connectivity index (χ4v) is 9.07. The van der Waals surface area contributed by atoms with E-state index in [1.54, 1.807) is 36.4 Å². The van der Waals surface area contributed by atoms with Crippen molar-refractivity contribution >= 4 is 47.6 Å². The Labute approximate surface area is 300 Å². The zero-order valence-electron chi connectivity index (χ0n) is 28.5. The van der Waals surface area contributed by atoms with E-state index in [0.29, 0.717) is 16.8 Å². The minimum absolute atomic E-state index is 0.0967. The van der Waals surface area contributed by atoms with Gasteiger partial charge < -0.3 is 19.9 Å². The normalized spacial score (nSPS) is 26.5. The number of imide groups is 2. The zero-order chi connectivity index (χ0) is 36.5. The molecule has 4 aliphatic rings. The number of aryl methyl sites for hydroxylation is 1. The van der Waals surface area contributed by atoms with Crippen molar-refractivity contribution in [3.8, 4) is 11.5 Å². The topological polar surface area (TPSA) is 157 Å². The zero-order valence-corrected chi connectivity index (χ0v) is 28.5. The maximum atomic E-state index is 15.3. The highest BCUT2D eigenvalue weighted by molar-refractivity contribution is 6.58. The van der Waals surface area contributed by atoms with Crippen LogP contribution >= 0.6 is 0 Å². The Balaban J connectivity index is 1.31. The van der Waals surface area contributed by atoms with Crippen LogP contribution in [-0.2, 0) is 24.6 Å². The third-order valence-corrected chi connectivity index (χ3v) is 11.4. The minimum atomic E-state index is -1.79. The molecule has 12 heteroatoms. The van der Waals surface area contributed by atoms with E-state index in [2.05, 4.69) is 5.43 Å². The van der Waals surface area contributed by atoms with Gasteiger partial charge in [0.25, 0.3) is 11.8 Å².